The van der Waals surface area contributed by atoms with Crippen LogP contribution in [-0.2, 0) is 4.79 Å². The number of hydrogen-bond donors (Lipinski definition) is 2. The average Bonchev–Trinajstić information content (AvgIpc) is 2.73. The van der Waals surface area contributed by atoms with Crippen LogP contribution in [0.3, 0.4) is 0 Å². The number of nitrogens with zero attached hydrogens (tertiary/aromatic N) is 6. The van der Waals surface area contributed by atoms with Crippen molar-refractivity contribution in [2.75, 3.05) is 48.8 Å². The summed E-state index contributed by atoms with van der Waals surface area (Å²) in [7, 11) is 3.75. The van der Waals surface area contributed by atoms with Crippen LogP contribution in [0.4, 0.5) is 17.7 Å². The summed E-state index contributed by atoms with van der Waals surface area (Å²) in [6.45, 7) is 3.51. The Balaban J connectivity index is 1.75. The van der Waals surface area contributed by atoms with Crippen LogP contribution in [0.5, 0.6) is 0 Å². The zero-order chi connectivity index (χ0) is 21.3. The molecule has 1 aliphatic heterocycles. The summed E-state index contributed by atoms with van der Waals surface area (Å²) in [6.07, 6.45) is 1.48. The molecule has 2 N–H and O–H groups in total. The van der Waals surface area contributed by atoms with Crippen molar-refractivity contribution < 1.29 is 4.79 Å². The Labute approximate surface area is 179 Å². The van der Waals surface area contributed by atoms with Gasteiger partial charge in [-0.2, -0.15) is 4.98 Å². The van der Waals surface area contributed by atoms with E-state index in [-0.39, 0.29) is 18.5 Å². The van der Waals surface area contributed by atoms with Gasteiger partial charge in [0.05, 0.1) is 23.1 Å². The van der Waals surface area contributed by atoms with Gasteiger partial charge in [0.2, 0.25) is 17.8 Å². The molecule has 0 bridgehead atoms. The molecule has 30 heavy (non-hydrogen) atoms. The maximum Gasteiger partial charge on any atom is 0.239 e. The first-order chi connectivity index (χ1) is 14.4. The number of amides is 1. The molecule has 1 aromatic carbocycles. The summed E-state index contributed by atoms with van der Waals surface area (Å²) in [6, 6.07) is 7.58. The first-order valence-electron chi connectivity index (χ1n) is 9.66. The van der Waals surface area contributed by atoms with Crippen LogP contribution in [0, 0.1) is 0 Å². The van der Waals surface area contributed by atoms with E-state index in [9.17, 15) is 4.79 Å². The monoisotopic (exact) mass is 426 g/mol. The van der Waals surface area contributed by atoms with Crippen molar-refractivity contribution in [1.82, 2.24) is 25.3 Å². The van der Waals surface area contributed by atoms with Crippen LogP contribution >= 0.6 is 11.6 Å². The molecule has 3 heterocycles. The molecule has 10 heteroatoms. The highest BCUT2D eigenvalue weighted by molar-refractivity contribution is 6.35. The maximum absolute atomic E-state index is 12.0. The second-order valence-corrected chi connectivity index (χ2v) is 7.76. The summed E-state index contributed by atoms with van der Waals surface area (Å²) in [5, 5.41) is 7.70. The maximum atomic E-state index is 12.0. The summed E-state index contributed by atoms with van der Waals surface area (Å²) in [5.74, 6) is 1.74. The molecule has 1 fully saturated rings. The van der Waals surface area contributed by atoms with E-state index >= 15 is 0 Å². The highest BCUT2D eigenvalue weighted by Crippen LogP contribution is 2.32. The minimum absolute atomic E-state index is 0.0260. The first-order valence-corrected chi connectivity index (χ1v) is 10.0. The Kier molecular flexibility index (Phi) is 5.54. The van der Waals surface area contributed by atoms with E-state index in [0.29, 0.717) is 35.5 Å². The summed E-state index contributed by atoms with van der Waals surface area (Å²) in [4.78, 5) is 33.5. The van der Waals surface area contributed by atoms with Crippen LogP contribution in [-0.4, -0.2) is 59.6 Å². The third-order valence-corrected chi connectivity index (χ3v) is 5.22. The number of pyridine rings is 1. The van der Waals surface area contributed by atoms with Gasteiger partial charge >= 0.3 is 0 Å². The molecule has 1 amide bonds. The molecule has 0 radical (unpaired) electrons. The summed E-state index contributed by atoms with van der Waals surface area (Å²) < 4.78 is 0. The number of nitrogens with one attached hydrogen (secondary N) is 2. The van der Waals surface area contributed by atoms with Crippen LogP contribution in [0.25, 0.3) is 10.9 Å². The topological polar surface area (TPSA) is 99.2 Å². The van der Waals surface area contributed by atoms with E-state index in [2.05, 4.69) is 31.7 Å². The fourth-order valence-electron chi connectivity index (χ4n) is 3.40. The number of halogens is 1. The largest absolute Gasteiger partial charge is 0.353 e. The van der Waals surface area contributed by atoms with Gasteiger partial charge in [-0.1, -0.05) is 23.7 Å². The van der Waals surface area contributed by atoms with E-state index in [0.717, 1.165) is 16.8 Å². The number of fused-ring (bicyclic) bond motifs is 1. The van der Waals surface area contributed by atoms with Gasteiger partial charge in [-0.15, -0.1) is 0 Å². The number of hydrogen-bond acceptors (Lipinski definition) is 8. The molecule has 1 atom stereocenters. The van der Waals surface area contributed by atoms with Crippen molar-refractivity contribution >= 4 is 46.1 Å². The standard InChI is InChI=1S/C20H23ClN8O/c1-12(25-19-23-11-24-20(27-19)28(2)3)14-9-13-5-4-6-15(21)17(13)26-18(14)29-8-7-22-16(30)10-29/h4-6,9,11-12H,7-8,10H2,1-3H3,(H,22,30)(H,23,24,25,27)/t12-/m0/s1. The fourth-order valence-corrected chi connectivity index (χ4v) is 3.63. The minimum Gasteiger partial charge on any atom is -0.353 e. The average molecular weight is 427 g/mol. The molecule has 0 aliphatic carbocycles. The Morgan fingerprint density at radius 1 is 1.27 bits per heavy atom. The molecule has 4 rings (SSSR count). The van der Waals surface area contributed by atoms with Crippen molar-refractivity contribution in [2.45, 2.75) is 13.0 Å². The lowest BCUT2D eigenvalue weighted by atomic mass is 10.0. The third-order valence-electron chi connectivity index (χ3n) is 4.91. The summed E-state index contributed by atoms with van der Waals surface area (Å²) >= 11 is 6.40. The van der Waals surface area contributed by atoms with E-state index in [1.165, 1.54) is 6.33 Å². The van der Waals surface area contributed by atoms with Crippen molar-refractivity contribution in [3.05, 3.63) is 41.2 Å². The number of carbonyl (C=O) groups is 1. The lowest BCUT2D eigenvalue weighted by Crippen LogP contribution is -2.48. The van der Waals surface area contributed by atoms with Crippen LogP contribution in [0.2, 0.25) is 5.02 Å². The van der Waals surface area contributed by atoms with Crippen molar-refractivity contribution in [2.24, 2.45) is 0 Å². The number of anilines is 3. The van der Waals surface area contributed by atoms with Crippen molar-refractivity contribution in [1.29, 1.82) is 0 Å². The zero-order valence-corrected chi connectivity index (χ0v) is 17.8. The molecule has 1 saturated heterocycles. The lowest BCUT2D eigenvalue weighted by Gasteiger charge is -2.31. The molecule has 156 valence electrons. The van der Waals surface area contributed by atoms with Gasteiger partial charge in [-0.3, -0.25) is 4.79 Å². The zero-order valence-electron chi connectivity index (χ0n) is 17.1. The molecular weight excluding hydrogens is 404 g/mol. The number of rotatable bonds is 5. The van der Waals surface area contributed by atoms with E-state index < -0.39 is 0 Å². The second kappa shape index (κ2) is 8.27. The quantitative estimate of drug-likeness (QED) is 0.640. The molecule has 9 nitrogen and oxygen atoms in total. The molecule has 3 aromatic rings. The fraction of sp³-hybridized carbons (Fsp3) is 0.350. The lowest BCUT2D eigenvalue weighted by molar-refractivity contribution is -0.120. The Bertz CT molecular complexity index is 1090. The van der Waals surface area contributed by atoms with Crippen LogP contribution in [0.1, 0.15) is 18.5 Å². The van der Waals surface area contributed by atoms with Gasteiger partial charge in [0, 0.05) is 38.1 Å². The molecule has 0 spiro atoms. The van der Waals surface area contributed by atoms with Gasteiger partial charge < -0.3 is 20.4 Å². The first kappa shape index (κ1) is 20.1. The molecule has 1 aliphatic rings. The van der Waals surface area contributed by atoms with Crippen molar-refractivity contribution in [3.63, 3.8) is 0 Å². The summed E-state index contributed by atoms with van der Waals surface area (Å²) in [5.41, 5.74) is 1.65. The number of aromatic nitrogens is 4. The van der Waals surface area contributed by atoms with E-state index in [1.807, 2.05) is 49.0 Å². The van der Waals surface area contributed by atoms with E-state index in [1.54, 1.807) is 0 Å². The van der Waals surface area contributed by atoms with Crippen LogP contribution < -0.4 is 20.4 Å². The number of carbonyl (C=O) groups excluding carboxylic acids is 1. The molecular formula is C20H23ClN8O. The Hall–Kier alpha value is -3.20. The number of piperazine rings is 1. The Morgan fingerprint density at radius 2 is 2.10 bits per heavy atom. The normalized spacial score (nSPS) is 15.1. The predicted molar refractivity (Wildman–Crippen MR) is 118 cm³/mol. The number of para-hydroxylation sites is 1. The highest BCUT2D eigenvalue weighted by Gasteiger charge is 2.24. The van der Waals surface area contributed by atoms with E-state index in [4.69, 9.17) is 16.6 Å². The smallest absolute Gasteiger partial charge is 0.239 e. The minimum atomic E-state index is -0.168. The van der Waals surface area contributed by atoms with Crippen LogP contribution in [0.15, 0.2) is 30.6 Å². The van der Waals surface area contributed by atoms with Gasteiger partial charge in [0.25, 0.3) is 0 Å². The van der Waals surface area contributed by atoms with Gasteiger partial charge in [0.1, 0.15) is 12.1 Å². The Morgan fingerprint density at radius 3 is 2.87 bits per heavy atom. The SMILES string of the molecule is C[C@H](Nc1ncnc(N(C)C)n1)c1cc2cccc(Cl)c2nc1N1CCNC(=O)C1. The molecule has 2 aromatic heterocycles. The highest BCUT2D eigenvalue weighted by atomic mass is 35.5. The van der Waals surface area contributed by atoms with Gasteiger partial charge in [-0.25, -0.2) is 15.0 Å². The third kappa shape index (κ3) is 4.06. The molecule has 0 saturated carbocycles. The molecule has 0 unspecified atom stereocenters. The second-order valence-electron chi connectivity index (χ2n) is 7.35. The van der Waals surface area contributed by atoms with Gasteiger partial charge in [0.15, 0.2) is 0 Å². The van der Waals surface area contributed by atoms with Crippen molar-refractivity contribution in [3.8, 4) is 0 Å². The predicted octanol–water partition coefficient (Wildman–Crippen LogP) is 2.25. The number of benzene rings is 1. The van der Waals surface area contributed by atoms with Gasteiger partial charge in [-0.05, 0) is 19.1 Å².